The Kier molecular flexibility index (Phi) is 4.42. The summed E-state index contributed by atoms with van der Waals surface area (Å²) in [5.41, 5.74) is 1.21. The van der Waals surface area contributed by atoms with E-state index < -0.39 is 0 Å². The molecule has 2 rings (SSSR count). The van der Waals surface area contributed by atoms with E-state index in [0.29, 0.717) is 0 Å². The van der Waals surface area contributed by atoms with Crippen molar-refractivity contribution in [2.45, 2.75) is 12.5 Å². The molecule has 0 aliphatic heterocycles. The second kappa shape index (κ2) is 5.84. The van der Waals surface area contributed by atoms with E-state index in [-0.39, 0.29) is 6.04 Å². The zero-order valence-electron chi connectivity index (χ0n) is 9.37. The number of benzene rings is 1. The van der Waals surface area contributed by atoms with Gasteiger partial charge in [0, 0.05) is 33.4 Å². The standard InChI is InChI=1S/C12H13ClIN3/c1-15-11(7-12-16-4-5-17-12)9-6-8(13)2-3-10(9)14/h2-6,11,15H,7H2,1H3,(H,16,17). The highest BCUT2D eigenvalue weighted by Crippen LogP contribution is 2.25. The monoisotopic (exact) mass is 361 g/mol. The zero-order chi connectivity index (χ0) is 12.3. The van der Waals surface area contributed by atoms with E-state index in [1.54, 1.807) is 6.20 Å². The summed E-state index contributed by atoms with van der Waals surface area (Å²) < 4.78 is 1.21. The van der Waals surface area contributed by atoms with E-state index in [4.69, 9.17) is 11.6 Å². The molecule has 0 radical (unpaired) electrons. The topological polar surface area (TPSA) is 40.7 Å². The summed E-state index contributed by atoms with van der Waals surface area (Å²) in [6.45, 7) is 0. The fourth-order valence-electron chi connectivity index (χ4n) is 1.75. The maximum Gasteiger partial charge on any atom is 0.107 e. The van der Waals surface area contributed by atoms with Gasteiger partial charge in [-0.2, -0.15) is 0 Å². The second-order valence-electron chi connectivity index (χ2n) is 3.75. The van der Waals surface area contributed by atoms with Crippen molar-refractivity contribution in [2.24, 2.45) is 0 Å². The highest BCUT2D eigenvalue weighted by Gasteiger charge is 2.14. The van der Waals surface area contributed by atoms with Crippen LogP contribution in [0.5, 0.6) is 0 Å². The van der Waals surface area contributed by atoms with Crippen LogP contribution in [-0.2, 0) is 6.42 Å². The maximum atomic E-state index is 6.05. The van der Waals surface area contributed by atoms with E-state index in [1.807, 2.05) is 31.4 Å². The molecule has 17 heavy (non-hydrogen) atoms. The van der Waals surface area contributed by atoms with Gasteiger partial charge in [-0.25, -0.2) is 4.98 Å². The first-order valence-electron chi connectivity index (χ1n) is 5.31. The largest absolute Gasteiger partial charge is 0.349 e. The first-order chi connectivity index (χ1) is 8.20. The smallest absolute Gasteiger partial charge is 0.107 e. The van der Waals surface area contributed by atoms with Gasteiger partial charge in [0.2, 0.25) is 0 Å². The van der Waals surface area contributed by atoms with Crippen LogP contribution in [0, 0.1) is 3.57 Å². The van der Waals surface area contributed by atoms with Gasteiger partial charge in [-0.3, -0.25) is 0 Å². The van der Waals surface area contributed by atoms with E-state index in [1.165, 1.54) is 9.13 Å². The van der Waals surface area contributed by atoms with Crippen LogP contribution in [0.2, 0.25) is 5.02 Å². The molecule has 0 saturated carbocycles. The fraction of sp³-hybridized carbons (Fsp3) is 0.250. The van der Waals surface area contributed by atoms with Crippen LogP contribution in [0.15, 0.2) is 30.6 Å². The molecule has 90 valence electrons. The predicted octanol–water partition coefficient (Wildman–Crippen LogP) is 3.17. The van der Waals surface area contributed by atoms with Crippen LogP contribution in [0.25, 0.3) is 0 Å². The van der Waals surface area contributed by atoms with Crippen molar-refractivity contribution in [1.82, 2.24) is 15.3 Å². The van der Waals surface area contributed by atoms with Crippen molar-refractivity contribution in [3.63, 3.8) is 0 Å². The molecule has 0 spiro atoms. The number of rotatable bonds is 4. The quantitative estimate of drug-likeness (QED) is 0.821. The Morgan fingerprint density at radius 1 is 1.53 bits per heavy atom. The highest BCUT2D eigenvalue weighted by atomic mass is 127. The van der Waals surface area contributed by atoms with Gasteiger partial charge in [0.25, 0.3) is 0 Å². The van der Waals surface area contributed by atoms with Crippen LogP contribution in [0.4, 0.5) is 0 Å². The number of likely N-dealkylation sites (N-methyl/N-ethyl adjacent to an activating group) is 1. The van der Waals surface area contributed by atoms with Gasteiger partial charge in [0.15, 0.2) is 0 Å². The third-order valence-electron chi connectivity index (χ3n) is 2.63. The molecule has 1 aromatic carbocycles. The lowest BCUT2D eigenvalue weighted by Crippen LogP contribution is -2.20. The minimum atomic E-state index is 0.215. The number of imidazole rings is 1. The Morgan fingerprint density at radius 2 is 2.35 bits per heavy atom. The fourth-order valence-corrected chi connectivity index (χ4v) is 2.64. The lowest BCUT2D eigenvalue weighted by molar-refractivity contribution is 0.575. The molecule has 2 aromatic rings. The summed E-state index contributed by atoms with van der Waals surface area (Å²) in [5.74, 6) is 0.972. The molecular weight excluding hydrogens is 349 g/mol. The average Bonchev–Trinajstić information content (AvgIpc) is 2.82. The number of aromatic amines is 1. The summed E-state index contributed by atoms with van der Waals surface area (Å²) in [7, 11) is 1.95. The zero-order valence-corrected chi connectivity index (χ0v) is 12.3. The van der Waals surface area contributed by atoms with Crippen molar-refractivity contribution in [1.29, 1.82) is 0 Å². The molecule has 0 aliphatic carbocycles. The molecule has 1 aromatic heterocycles. The number of halogens is 2. The number of hydrogen-bond acceptors (Lipinski definition) is 2. The van der Waals surface area contributed by atoms with E-state index in [9.17, 15) is 0 Å². The molecule has 0 fully saturated rings. The minimum absolute atomic E-state index is 0.215. The van der Waals surface area contributed by atoms with E-state index >= 15 is 0 Å². The number of H-pyrrole nitrogens is 1. The molecule has 1 atom stereocenters. The van der Waals surface area contributed by atoms with Crippen molar-refractivity contribution in [2.75, 3.05) is 7.05 Å². The first-order valence-corrected chi connectivity index (χ1v) is 6.77. The highest BCUT2D eigenvalue weighted by molar-refractivity contribution is 14.1. The van der Waals surface area contributed by atoms with Crippen LogP contribution < -0.4 is 5.32 Å². The third kappa shape index (κ3) is 3.20. The summed E-state index contributed by atoms with van der Waals surface area (Å²) >= 11 is 8.37. The Hall–Kier alpha value is -0.590. The van der Waals surface area contributed by atoms with Gasteiger partial charge in [-0.1, -0.05) is 11.6 Å². The predicted molar refractivity (Wildman–Crippen MR) is 78.3 cm³/mol. The van der Waals surface area contributed by atoms with Crippen molar-refractivity contribution < 1.29 is 0 Å². The summed E-state index contributed by atoms with van der Waals surface area (Å²) in [6, 6.07) is 6.16. The Labute approximate surface area is 119 Å². The van der Waals surface area contributed by atoms with Crippen LogP contribution in [0.1, 0.15) is 17.4 Å². The summed E-state index contributed by atoms with van der Waals surface area (Å²) in [4.78, 5) is 7.37. The van der Waals surface area contributed by atoms with Crippen LogP contribution in [-0.4, -0.2) is 17.0 Å². The molecule has 0 aliphatic rings. The molecule has 0 saturated heterocycles. The number of aromatic nitrogens is 2. The van der Waals surface area contributed by atoms with Gasteiger partial charge in [-0.15, -0.1) is 0 Å². The number of hydrogen-bond donors (Lipinski definition) is 2. The average molecular weight is 362 g/mol. The Balaban J connectivity index is 2.25. The molecule has 5 heteroatoms. The lowest BCUT2D eigenvalue weighted by Gasteiger charge is -2.17. The normalized spacial score (nSPS) is 12.6. The summed E-state index contributed by atoms with van der Waals surface area (Å²) in [6.07, 6.45) is 4.43. The van der Waals surface area contributed by atoms with Crippen LogP contribution >= 0.6 is 34.2 Å². The summed E-state index contributed by atoms with van der Waals surface area (Å²) in [5, 5.41) is 4.07. The molecule has 0 amide bonds. The SMILES string of the molecule is CNC(Cc1ncc[nH]1)c1cc(Cl)ccc1I. The number of nitrogens with zero attached hydrogens (tertiary/aromatic N) is 1. The number of nitrogens with one attached hydrogen (secondary N) is 2. The lowest BCUT2D eigenvalue weighted by atomic mass is 10.0. The Bertz CT molecular complexity index is 485. The van der Waals surface area contributed by atoms with E-state index in [0.717, 1.165) is 17.3 Å². The van der Waals surface area contributed by atoms with Crippen LogP contribution in [0.3, 0.4) is 0 Å². The van der Waals surface area contributed by atoms with Crippen molar-refractivity contribution in [3.8, 4) is 0 Å². The molecule has 2 N–H and O–H groups in total. The Morgan fingerprint density at radius 3 is 3.00 bits per heavy atom. The third-order valence-corrected chi connectivity index (χ3v) is 3.85. The first kappa shape index (κ1) is 12.9. The minimum Gasteiger partial charge on any atom is -0.349 e. The van der Waals surface area contributed by atoms with Gasteiger partial charge in [0.1, 0.15) is 5.82 Å². The molecule has 3 nitrogen and oxygen atoms in total. The van der Waals surface area contributed by atoms with Gasteiger partial charge in [0.05, 0.1) is 0 Å². The van der Waals surface area contributed by atoms with E-state index in [2.05, 4.69) is 37.9 Å². The molecular formula is C12H13ClIN3. The maximum absolute atomic E-state index is 6.05. The van der Waals surface area contributed by atoms with Crippen molar-refractivity contribution >= 4 is 34.2 Å². The molecule has 0 bridgehead atoms. The van der Waals surface area contributed by atoms with Gasteiger partial charge < -0.3 is 10.3 Å². The van der Waals surface area contributed by atoms with Crippen molar-refractivity contribution in [3.05, 3.63) is 50.6 Å². The molecule has 1 unspecified atom stereocenters. The van der Waals surface area contributed by atoms with Gasteiger partial charge >= 0.3 is 0 Å². The van der Waals surface area contributed by atoms with Gasteiger partial charge in [-0.05, 0) is 53.4 Å². The molecule has 1 heterocycles. The second-order valence-corrected chi connectivity index (χ2v) is 5.35.